The molecule has 0 spiro atoms. The van der Waals surface area contributed by atoms with Gasteiger partial charge in [-0.15, -0.1) is 18.2 Å². The van der Waals surface area contributed by atoms with Gasteiger partial charge in [-0.2, -0.15) is 0 Å². The molecule has 2 N–H and O–H groups in total. The molecule has 11 nitrogen and oxygen atoms in total. The van der Waals surface area contributed by atoms with Crippen LogP contribution in [0.2, 0.25) is 0 Å². The quantitative estimate of drug-likeness (QED) is 0.0385. The fourth-order valence-electron chi connectivity index (χ4n) is 9.89. The minimum Gasteiger partial charge on any atom is -0.487 e. The van der Waals surface area contributed by atoms with Gasteiger partial charge in [0, 0.05) is 36.8 Å². The molecule has 7 rings (SSSR count). The van der Waals surface area contributed by atoms with Crippen LogP contribution < -0.4 is 9.47 Å². The molecular formula is C52H64ClN3O8. The lowest BCUT2D eigenvalue weighted by molar-refractivity contribution is -0.256. The van der Waals surface area contributed by atoms with Gasteiger partial charge in [0.25, 0.3) is 0 Å². The van der Waals surface area contributed by atoms with E-state index in [9.17, 15) is 15.0 Å². The van der Waals surface area contributed by atoms with E-state index in [0.717, 1.165) is 64.5 Å². The van der Waals surface area contributed by atoms with Gasteiger partial charge in [0.1, 0.15) is 36.4 Å². The second kappa shape index (κ2) is 21.4. The van der Waals surface area contributed by atoms with Crippen LogP contribution in [0.15, 0.2) is 108 Å². The molecule has 0 bridgehead atoms. The maximum atomic E-state index is 14.8. The topological polar surface area (TPSA) is 132 Å². The molecule has 0 radical (unpaired) electrons. The van der Waals surface area contributed by atoms with Gasteiger partial charge in [0.05, 0.1) is 36.4 Å². The van der Waals surface area contributed by atoms with Gasteiger partial charge >= 0.3 is 6.09 Å². The third-order valence-corrected chi connectivity index (χ3v) is 12.7. The predicted molar refractivity (Wildman–Crippen MR) is 251 cm³/mol. The van der Waals surface area contributed by atoms with Crippen molar-refractivity contribution in [2.75, 3.05) is 32.3 Å². The Bertz CT molecular complexity index is 2290. The van der Waals surface area contributed by atoms with E-state index < -0.39 is 29.4 Å². The first kappa shape index (κ1) is 47.0. The molecule has 64 heavy (non-hydrogen) atoms. The van der Waals surface area contributed by atoms with Crippen LogP contribution in [-0.2, 0) is 27.5 Å². The average Bonchev–Trinajstić information content (AvgIpc) is 3.29. The van der Waals surface area contributed by atoms with E-state index in [-0.39, 0.29) is 69.6 Å². The van der Waals surface area contributed by atoms with Gasteiger partial charge in [0.2, 0.25) is 5.79 Å². The molecule has 12 heteroatoms. The second-order valence-electron chi connectivity index (χ2n) is 18.1. The molecule has 3 aromatic carbocycles. The predicted octanol–water partition coefficient (Wildman–Crippen LogP) is 10.4. The van der Waals surface area contributed by atoms with Gasteiger partial charge in [-0.1, -0.05) is 78.7 Å². The molecule has 4 aromatic rings. The number of amides is 1. The summed E-state index contributed by atoms with van der Waals surface area (Å²) in [5, 5.41) is 27.0. The number of unbranched alkanes of at least 4 members (excludes halogenated alkanes) is 2. The molecule has 1 fully saturated rings. The van der Waals surface area contributed by atoms with Crippen molar-refractivity contribution in [3.05, 3.63) is 126 Å². The van der Waals surface area contributed by atoms with Crippen LogP contribution in [0.4, 0.5) is 4.79 Å². The number of pyridine rings is 1. The number of hydrogen-bond donors (Lipinski definition) is 2. The van der Waals surface area contributed by atoms with E-state index in [1.54, 1.807) is 11.0 Å². The third kappa shape index (κ3) is 10.6. The molecule has 6 atom stereocenters. The SMILES string of the molecule is C=CCO[C@@]12Oc3ccc(OCc4cccc(C)n4)cc3[C@H]3[C@H](CCCCO)[C@@H](CCCCO)C=C(C(=NOC(C)(C)C)C[C@@H]1N(Cc1cccc4ccccc14)C(=O)OCCCl)[C@H]32. The third-order valence-electron chi connectivity index (χ3n) is 12.5. The molecule has 1 aliphatic heterocycles. The summed E-state index contributed by atoms with van der Waals surface area (Å²) in [4.78, 5) is 27.5. The summed E-state index contributed by atoms with van der Waals surface area (Å²) in [5.74, 6) is -0.658. The average molecular weight is 895 g/mol. The normalized spacial score (nSPS) is 23.1. The number of carbonyl (C=O) groups excluding carboxylic acids is 1. The lowest BCUT2D eigenvalue weighted by Crippen LogP contribution is -2.70. The Hall–Kier alpha value is -4.94. The van der Waals surface area contributed by atoms with Crippen molar-refractivity contribution in [3.8, 4) is 11.5 Å². The Morgan fingerprint density at radius 3 is 2.53 bits per heavy atom. The molecule has 1 saturated carbocycles. The number of aliphatic hydroxyl groups is 2. The van der Waals surface area contributed by atoms with Gasteiger partial charge < -0.3 is 34.0 Å². The van der Waals surface area contributed by atoms with Crippen LogP contribution in [-0.4, -0.2) is 81.6 Å². The first-order valence-electron chi connectivity index (χ1n) is 22.8. The number of aryl methyl sites for hydroxylation is 1. The van der Waals surface area contributed by atoms with E-state index in [0.29, 0.717) is 30.1 Å². The van der Waals surface area contributed by atoms with Crippen molar-refractivity contribution in [2.45, 2.75) is 109 Å². The highest BCUT2D eigenvalue weighted by atomic mass is 35.5. The van der Waals surface area contributed by atoms with Crippen LogP contribution in [0.3, 0.4) is 0 Å². The summed E-state index contributed by atoms with van der Waals surface area (Å²) in [6.07, 6.45) is 8.31. The van der Waals surface area contributed by atoms with Crippen LogP contribution >= 0.6 is 11.6 Å². The Labute approximate surface area is 383 Å². The number of carbonyl (C=O) groups is 1. The van der Waals surface area contributed by atoms with E-state index in [1.165, 1.54) is 0 Å². The zero-order valence-corrected chi connectivity index (χ0v) is 38.5. The minimum atomic E-state index is -1.47. The highest BCUT2D eigenvalue weighted by molar-refractivity contribution is 6.18. The number of aliphatic hydroxyl groups excluding tert-OH is 2. The highest BCUT2D eigenvalue weighted by Crippen LogP contribution is 2.62. The molecule has 2 aliphatic carbocycles. The number of halogens is 1. The lowest BCUT2D eigenvalue weighted by atomic mass is 9.55. The Kier molecular flexibility index (Phi) is 15.7. The summed E-state index contributed by atoms with van der Waals surface area (Å²) >= 11 is 6.17. The number of ether oxygens (including phenoxy) is 4. The molecular weight excluding hydrogens is 830 g/mol. The van der Waals surface area contributed by atoms with E-state index >= 15 is 0 Å². The largest absolute Gasteiger partial charge is 0.487 e. The first-order valence-corrected chi connectivity index (χ1v) is 23.3. The number of hydrogen-bond acceptors (Lipinski definition) is 10. The number of alkyl halides is 1. The molecule has 1 aromatic heterocycles. The van der Waals surface area contributed by atoms with Crippen molar-refractivity contribution in [2.24, 2.45) is 22.9 Å². The van der Waals surface area contributed by atoms with Gasteiger partial charge in [-0.3, -0.25) is 9.88 Å². The maximum Gasteiger partial charge on any atom is 0.410 e. The Balaban J connectivity index is 1.46. The van der Waals surface area contributed by atoms with Crippen molar-refractivity contribution >= 4 is 34.2 Å². The van der Waals surface area contributed by atoms with Gasteiger partial charge in [0.15, 0.2) is 0 Å². The molecule has 2 heterocycles. The van der Waals surface area contributed by atoms with Crippen LogP contribution in [0.1, 0.15) is 94.1 Å². The zero-order valence-electron chi connectivity index (χ0n) is 37.7. The standard InChI is InChI=1S/C52H64ClN3O8/c1-6-28-62-52-47(56(50(59)60-29-25-53)33-38-19-14-18-36-16-7-8-21-41(36)38)32-45(55-64-51(3,4)5)43-30-37(17-9-11-26-57)42(22-10-12-27-58)48(49(43)52)44-31-40(23-24-46(44)63-52)61-34-39-20-13-15-35(2)54-39/h6-8,13-16,18-21,23-24,30-31,37,42,47-49,57-58H,1,9-12,17,22,25-29,32-34H2,2-5H3/t37-,42+,47-,48+,49+,52+/m0/s1. The molecule has 1 amide bonds. The number of rotatable bonds is 20. The van der Waals surface area contributed by atoms with Gasteiger partial charge in [-0.05, 0) is 117 Å². The minimum absolute atomic E-state index is 0.0118. The highest BCUT2D eigenvalue weighted by Gasteiger charge is 2.65. The summed E-state index contributed by atoms with van der Waals surface area (Å²) in [6, 6.07) is 25.3. The Morgan fingerprint density at radius 1 is 1.02 bits per heavy atom. The van der Waals surface area contributed by atoms with Crippen molar-refractivity contribution in [1.29, 1.82) is 0 Å². The number of allylic oxidation sites excluding steroid dienone is 1. The van der Waals surface area contributed by atoms with Crippen LogP contribution in [0, 0.1) is 24.7 Å². The molecule has 342 valence electrons. The van der Waals surface area contributed by atoms with Crippen LogP contribution in [0.25, 0.3) is 10.8 Å². The summed E-state index contributed by atoms with van der Waals surface area (Å²) in [5.41, 5.74) is 4.66. The fraction of sp³-hybridized carbons (Fsp3) is 0.481. The van der Waals surface area contributed by atoms with Gasteiger partial charge in [-0.25, -0.2) is 4.79 Å². The molecule has 3 aliphatic rings. The maximum absolute atomic E-state index is 14.8. The zero-order chi connectivity index (χ0) is 45.3. The number of oxime groups is 1. The monoisotopic (exact) mass is 893 g/mol. The van der Waals surface area contributed by atoms with Crippen LogP contribution in [0.5, 0.6) is 11.5 Å². The molecule has 0 saturated heterocycles. The summed E-state index contributed by atoms with van der Waals surface area (Å²) < 4.78 is 27.1. The van der Waals surface area contributed by atoms with E-state index in [2.05, 4.69) is 41.9 Å². The second-order valence-corrected chi connectivity index (χ2v) is 18.5. The number of nitrogens with zero attached hydrogens (tertiary/aromatic N) is 3. The van der Waals surface area contributed by atoms with E-state index in [4.69, 9.17) is 40.5 Å². The number of fused-ring (bicyclic) bond motifs is 3. The lowest BCUT2D eigenvalue weighted by Gasteiger charge is -2.60. The van der Waals surface area contributed by atoms with Crippen molar-refractivity contribution < 1.29 is 38.8 Å². The van der Waals surface area contributed by atoms with Crippen molar-refractivity contribution in [3.63, 3.8) is 0 Å². The fourth-order valence-corrected chi connectivity index (χ4v) is 9.97. The summed E-state index contributed by atoms with van der Waals surface area (Å²) in [7, 11) is 0. The van der Waals surface area contributed by atoms with Crippen molar-refractivity contribution in [1.82, 2.24) is 9.88 Å². The first-order chi connectivity index (χ1) is 31.0. The number of benzene rings is 3. The van der Waals surface area contributed by atoms with E-state index in [1.807, 2.05) is 82.3 Å². The smallest absolute Gasteiger partial charge is 0.410 e. The molecule has 0 unspecified atom stereocenters. The number of aromatic nitrogens is 1. The summed E-state index contributed by atoms with van der Waals surface area (Å²) in [6.45, 7) is 12.7. The Morgan fingerprint density at radius 2 is 1.78 bits per heavy atom.